The second-order valence-corrected chi connectivity index (χ2v) is 5.73. The first-order valence-corrected chi connectivity index (χ1v) is 7.32. The number of anilines is 1. The van der Waals surface area contributed by atoms with Crippen LogP contribution in [0.25, 0.3) is 0 Å². The number of hydrogen-bond acceptors (Lipinski definition) is 3. The highest BCUT2D eigenvalue weighted by molar-refractivity contribution is 9.12. The Bertz CT molecular complexity index is 614. The predicted molar refractivity (Wildman–Crippen MR) is 84.9 cm³/mol. The van der Waals surface area contributed by atoms with Crippen LogP contribution < -0.4 is 9.64 Å². The molecule has 0 radical (unpaired) electrons. The number of ether oxygens (including phenoxy) is 1. The number of halogens is 3. The van der Waals surface area contributed by atoms with E-state index < -0.39 is 12.6 Å². The van der Waals surface area contributed by atoms with Crippen molar-refractivity contribution in [1.29, 1.82) is 0 Å². The van der Waals surface area contributed by atoms with Gasteiger partial charge in [0, 0.05) is 11.8 Å². The highest BCUT2D eigenvalue weighted by atomic mass is 79.9. The van der Waals surface area contributed by atoms with Gasteiger partial charge in [-0.05, 0) is 48.3 Å². The minimum absolute atomic E-state index is 0.0723. The van der Waals surface area contributed by atoms with Gasteiger partial charge in [0.25, 0.3) is 6.43 Å². The van der Waals surface area contributed by atoms with Gasteiger partial charge >= 0.3 is 0 Å². The van der Waals surface area contributed by atoms with Gasteiger partial charge in [0.1, 0.15) is 17.6 Å². The standard InChI is InChI=1S/C15H17BrF2N2O/c1-8-5-6-12(21-4)9(2)13(8)20-10(3)19-7-11(16)14(20)15(17)18/h5-7,10,15H,1-4H3. The number of aryl methyl sites for hydroxylation is 1. The van der Waals surface area contributed by atoms with Crippen LogP contribution in [0.15, 0.2) is 27.3 Å². The van der Waals surface area contributed by atoms with Crippen LogP contribution in [0, 0.1) is 13.8 Å². The first kappa shape index (κ1) is 15.9. The molecule has 114 valence electrons. The second-order valence-electron chi connectivity index (χ2n) is 4.87. The highest BCUT2D eigenvalue weighted by Gasteiger charge is 2.32. The minimum atomic E-state index is -2.60. The lowest BCUT2D eigenvalue weighted by Gasteiger charge is -2.36. The smallest absolute Gasteiger partial charge is 0.279 e. The summed E-state index contributed by atoms with van der Waals surface area (Å²) in [5, 5.41) is 0. The van der Waals surface area contributed by atoms with Gasteiger partial charge in [-0.25, -0.2) is 8.78 Å². The van der Waals surface area contributed by atoms with Gasteiger partial charge in [0.15, 0.2) is 0 Å². The molecule has 0 saturated heterocycles. The Balaban J connectivity index is 2.67. The van der Waals surface area contributed by atoms with Crippen LogP contribution in [0.5, 0.6) is 5.75 Å². The van der Waals surface area contributed by atoms with E-state index in [0.717, 1.165) is 11.1 Å². The maximum atomic E-state index is 13.5. The largest absolute Gasteiger partial charge is 0.496 e. The molecule has 2 rings (SSSR count). The van der Waals surface area contributed by atoms with E-state index in [0.29, 0.717) is 15.9 Å². The van der Waals surface area contributed by atoms with Crippen molar-refractivity contribution in [2.75, 3.05) is 12.0 Å². The summed E-state index contributed by atoms with van der Waals surface area (Å²) in [5.41, 5.74) is 2.36. The zero-order chi connectivity index (χ0) is 15.7. The van der Waals surface area contributed by atoms with E-state index in [1.54, 1.807) is 18.9 Å². The molecular formula is C15H17BrF2N2O. The third kappa shape index (κ3) is 2.81. The lowest BCUT2D eigenvalue weighted by Crippen LogP contribution is -2.38. The minimum Gasteiger partial charge on any atom is -0.496 e. The molecule has 6 heteroatoms. The van der Waals surface area contributed by atoms with Crippen LogP contribution >= 0.6 is 15.9 Å². The van der Waals surface area contributed by atoms with Crippen LogP contribution in [0.2, 0.25) is 0 Å². The zero-order valence-corrected chi connectivity index (χ0v) is 13.9. The Kier molecular flexibility index (Phi) is 4.66. The molecular weight excluding hydrogens is 342 g/mol. The van der Waals surface area contributed by atoms with Gasteiger partial charge in [0.2, 0.25) is 0 Å². The Morgan fingerprint density at radius 2 is 2.00 bits per heavy atom. The fourth-order valence-corrected chi connectivity index (χ4v) is 3.03. The molecule has 0 aliphatic carbocycles. The van der Waals surface area contributed by atoms with Crippen molar-refractivity contribution in [2.45, 2.75) is 33.4 Å². The molecule has 0 spiro atoms. The Morgan fingerprint density at radius 1 is 1.33 bits per heavy atom. The number of rotatable bonds is 3. The Morgan fingerprint density at radius 3 is 2.57 bits per heavy atom. The van der Waals surface area contributed by atoms with Gasteiger partial charge in [-0.1, -0.05) is 6.07 Å². The number of benzene rings is 1. The molecule has 0 aromatic heterocycles. The second kappa shape index (κ2) is 6.13. The maximum Gasteiger partial charge on any atom is 0.279 e. The number of alkyl halides is 2. The Labute approximate surface area is 131 Å². The topological polar surface area (TPSA) is 24.8 Å². The fourth-order valence-electron chi connectivity index (χ4n) is 2.55. The number of hydrogen-bond donors (Lipinski definition) is 0. The third-order valence-corrected chi connectivity index (χ3v) is 4.14. The average Bonchev–Trinajstić information content (AvgIpc) is 2.42. The van der Waals surface area contributed by atoms with Crippen molar-refractivity contribution >= 4 is 27.8 Å². The fraction of sp³-hybridized carbons (Fsp3) is 0.400. The highest BCUT2D eigenvalue weighted by Crippen LogP contribution is 2.39. The number of methoxy groups -OCH3 is 1. The van der Waals surface area contributed by atoms with Crippen molar-refractivity contribution in [3.8, 4) is 5.75 Å². The number of aliphatic imine (C=N–C) groups is 1. The van der Waals surface area contributed by atoms with E-state index in [-0.39, 0.29) is 5.70 Å². The maximum absolute atomic E-state index is 13.5. The summed E-state index contributed by atoms with van der Waals surface area (Å²) >= 11 is 3.18. The van der Waals surface area contributed by atoms with Gasteiger partial charge in [-0.15, -0.1) is 0 Å². The quantitative estimate of drug-likeness (QED) is 0.798. The lowest BCUT2D eigenvalue weighted by molar-refractivity contribution is 0.183. The molecule has 1 aromatic carbocycles. The summed E-state index contributed by atoms with van der Waals surface area (Å²) in [6.45, 7) is 5.55. The lowest BCUT2D eigenvalue weighted by atomic mass is 10.0. The van der Waals surface area contributed by atoms with Crippen LogP contribution in [-0.4, -0.2) is 25.9 Å². The molecule has 0 bridgehead atoms. The van der Waals surface area contributed by atoms with Crippen molar-refractivity contribution in [1.82, 2.24) is 0 Å². The van der Waals surface area contributed by atoms with Gasteiger partial charge in [0.05, 0.1) is 17.3 Å². The molecule has 1 unspecified atom stereocenters. The SMILES string of the molecule is COc1ccc(C)c(N2C(C(F)F)=C(Br)C=NC2C)c1C. The summed E-state index contributed by atoms with van der Waals surface area (Å²) in [4.78, 5) is 5.83. The van der Waals surface area contributed by atoms with Gasteiger partial charge in [-0.2, -0.15) is 0 Å². The molecule has 0 saturated carbocycles. The van der Waals surface area contributed by atoms with Crippen LogP contribution in [0.1, 0.15) is 18.1 Å². The molecule has 1 aromatic rings. The molecule has 21 heavy (non-hydrogen) atoms. The summed E-state index contributed by atoms with van der Waals surface area (Å²) in [7, 11) is 1.57. The zero-order valence-electron chi connectivity index (χ0n) is 12.3. The molecule has 0 fully saturated rings. The van der Waals surface area contributed by atoms with E-state index in [1.165, 1.54) is 6.21 Å². The molecule has 1 aliphatic rings. The van der Waals surface area contributed by atoms with Gasteiger partial charge < -0.3 is 9.64 Å². The van der Waals surface area contributed by atoms with Crippen molar-refractivity contribution in [2.24, 2.45) is 4.99 Å². The number of allylic oxidation sites excluding steroid dienone is 2. The summed E-state index contributed by atoms with van der Waals surface area (Å²) in [6, 6.07) is 3.70. The molecule has 0 amide bonds. The van der Waals surface area contributed by atoms with Crippen molar-refractivity contribution < 1.29 is 13.5 Å². The van der Waals surface area contributed by atoms with Gasteiger partial charge in [-0.3, -0.25) is 4.99 Å². The summed E-state index contributed by atoms with van der Waals surface area (Å²) in [6.07, 6.45) is -1.56. The van der Waals surface area contributed by atoms with E-state index >= 15 is 0 Å². The predicted octanol–water partition coefficient (Wildman–Crippen LogP) is 4.42. The van der Waals surface area contributed by atoms with Crippen LogP contribution in [0.3, 0.4) is 0 Å². The third-order valence-electron chi connectivity index (χ3n) is 3.53. The van der Waals surface area contributed by atoms with Crippen molar-refractivity contribution in [3.05, 3.63) is 33.4 Å². The van der Waals surface area contributed by atoms with Crippen molar-refractivity contribution in [3.63, 3.8) is 0 Å². The van der Waals surface area contributed by atoms with E-state index in [2.05, 4.69) is 20.9 Å². The Hall–Kier alpha value is -1.43. The normalized spacial score (nSPS) is 18.7. The monoisotopic (exact) mass is 358 g/mol. The van der Waals surface area contributed by atoms with E-state index in [4.69, 9.17) is 4.74 Å². The first-order valence-electron chi connectivity index (χ1n) is 6.52. The molecule has 1 heterocycles. The molecule has 1 atom stereocenters. The van der Waals surface area contributed by atoms with E-state index in [1.807, 2.05) is 26.0 Å². The molecule has 0 N–H and O–H groups in total. The molecule has 3 nitrogen and oxygen atoms in total. The average molecular weight is 359 g/mol. The van der Waals surface area contributed by atoms with Crippen LogP contribution in [0.4, 0.5) is 14.5 Å². The summed E-state index contributed by atoms with van der Waals surface area (Å²) in [5.74, 6) is 0.669. The van der Waals surface area contributed by atoms with E-state index in [9.17, 15) is 8.78 Å². The molecule has 1 aliphatic heterocycles. The number of nitrogens with zero attached hydrogens (tertiary/aromatic N) is 2. The summed E-state index contributed by atoms with van der Waals surface area (Å²) < 4.78 is 32.6. The first-order chi connectivity index (χ1) is 9.88. The van der Waals surface area contributed by atoms with Crippen LogP contribution in [-0.2, 0) is 0 Å².